The predicted octanol–water partition coefficient (Wildman–Crippen LogP) is 1.91. The summed E-state index contributed by atoms with van der Waals surface area (Å²) in [6, 6.07) is 3.05. The molecule has 0 saturated carbocycles. The third kappa shape index (κ3) is 4.33. The van der Waals surface area contributed by atoms with Gasteiger partial charge in [-0.3, -0.25) is 10.1 Å². The van der Waals surface area contributed by atoms with Crippen LogP contribution in [-0.4, -0.2) is 43.1 Å². The lowest BCUT2D eigenvalue weighted by atomic mass is 9.94. The van der Waals surface area contributed by atoms with Gasteiger partial charge < -0.3 is 24.6 Å². The standard InChI is InChI=1S/C18H22N2O5S/c1-18(22)8-6-5-7-14(18)19-17(26)20-16(21)11-9-12(23-2)15(25-4)13(10-11)24-3/h5-7,9-10,22H,8H2,1-4H3,(H2,19,20,21,26). The first-order valence-electron chi connectivity index (χ1n) is 7.84. The lowest BCUT2D eigenvalue weighted by Gasteiger charge is -2.28. The Labute approximate surface area is 157 Å². The van der Waals surface area contributed by atoms with Crippen molar-refractivity contribution in [2.75, 3.05) is 21.3 Å². The van der Waals surface area contributed by atoms with Gasteiger partial charge >= 0.3 is 0 Å². The van der Waals surface area contributed by atoms with Crippen LogP contribution >= 0.6 is 12.2 Å². The van der Waals surface area contributed by atoms with E-state index in [-0.39, 0.29) is 10.7 Å². The highest BCUT2D eigenvalue weighted by atomic mass is 32.1. The van der Waals surface area contributed by atoms with Crippen LogP contribution in [0.25, 0.3) is 0 Å². The SMILES string of the molecule is COc1cc(C(=O)NC(=S)NC2=CC=CCC2(C)O)cc(OC)c1OC. The summed E-state index contributed by atoms with van der Waals surface area (Å²) in [5.41, 5.74) is -0.279. The zero-order chi connectivity index (χ0) is 19.3. The van der Waals surface area contributed by atoms with Gasteiger partial charge in [0.15, 0.2) is 16.6 Å². The average molecular weight is 378 g/mol. The molecule has 1 aromatic carbocycles. The van der Waals surface area contributed by atoms with Crippen LogP contribution in [0.4, 0.5) is 0 Å². The molecule has 1 amide bonds. The summed E-state index contributed by atoms with van der Waals surface area (Å²) in [7, 11) is 4.42. The number of ether oxygens (including phenoxy) is 3. The molecule has 8 heteroatoms. The number of benzene rings is 1. The summed E-state index contributed by atoms with van der Waals surface area (Å²) < 4.78 is 15.7. The van der Waals surface area contributed by atoms with Crippen molar-refractivity contribution >= 4 is 23.2 Å². The Morgan fingerprint density at radius 1 is 1.19 bits per heavy atom. The topological polar surface area (TPSA) is 89.1 Å². The summed E-state index contributed by atoms with van der Waals surface area (Å²) in [4.78, 5) is 12.5. The summed E-state index contributed by atoms with van der Waals surface area (Å²) in [6.45, 7) is 1.67. The molecule has 0 fully saturated rings. The minimum Gasteiger partial charge on any atom is -0.493 e. The van der Waals surface area contributed by atoms with Crippen LogP contribution in [0.15, 0.2) is 36.1 Å². The van der Waals surface area contributed by atoms with E-state index in [9.17, 15) is 9.90 Å². The first-order chi connectivity index (χ1) is 12.3. The van der Waals surface area contributed by atoms with E-state index in [0.29, 0.717) is 29.4 Å². The van der Waals surface area contributed by atoms with Gasteiger partial charge in [-0.15, -0.1) is 0 Å². The highest BCUT2D eigenvalue weighted by Gasteiger charge is 2.27. The second-order valence-electron chi connectivity index (χ2n) is 5.81. The van der Waals surface area contributed by atoms with Gasteiger partial charge in [0.25, 0.3) is 5.91 Å². The van der Waals surface area contributed by atoms with Crippen LogP contribution in [-0.2, 0) is 0 Å². The molecule has 0 saturated heterocycles. The van der Waals surface area contributed by atoms with Crippen molar-refractivity contribution in [1.29, 1.82) is 0 Å². The second kappa shape index (κ2) is 8.20. The Morgan fingerprint density at radius 2 is 1.81 bits per heavy atom. The number of rotatable bonds is 5. The summed E-state index contributed by atoms with van der Waals surface area (Å²) in [5.74, 6) is 0.661. The molecule has 0 aliphatic heterocycles. The Bertz CT molecular complexity index is 746. The van der Waals surface area contributed by atoms with E-state index in [0.717, 1.165) is 0 Å². The molecule has 1 unspecified atom stereocenters. The van der Waals surface area contributed by atoms with Gasteiger partial charge in [0.2, 0.25) is 5.75 Å². The first-order valence-corrected chi connectivity index (χ1v) is 8.25. The second-order valence-corrected chi connectivity index (χ2v) is 6.22. The molecule has 0 radical (unpaired) electrons. The number of carbonyl (C=O) groups excluding carboxylic acids is 1. The van der Waals surface area contributed by atoms with Crippen molar-refractivity contribution in [2.24, 2.45) is 0 Å². The molecule has 0 bridgehead atoms. The molecular formula is C18H22N2O5S. The fraction of sp³-hybridized carbons (Fsp3) is 0.333. The van der Waals surface area contributed by atoms with E-state index in [2.05, 4.69) is 10.6 Å². The first kappa shape index (κ1) is 19.7. The molecule has 0 heterocycles. The summed E-state index contributed by atoms with van der Waals surface area (Å²) in [5, 5.41) is 15.8. The Balaban J connectivity index is 2.16. The number of allylic oxidation sites excluding steroid dienone is 2. The van der Waals surface area contributed by atoms with Crippen molar-refractivity contribution in [3.05, 3.63) is 41.6 Å². The van der Waals surface area contributed by atoms with E-state index in [1.54, 1.807) is 13.0 Å². The number of carbonyl (C=O) groups is 1. The number of thiocarbonyl (C=S) groups is 1. The van der Waals surface area contributed by atoms with Crippen LogP contribution in [0.3, 0.4) is 0 Å². The quantitative estimate of drug-likeness (QED) is 0.675. The van der Waals surface area contributed by atoms with Gasteiger partial charge in [0.05, 0.1) is 21.3 Å². The van der Waals surface area contributed by atoms with Crippen molar-refractivity contribution in [1.82, 2.24) is 10.6 Å². The Kier molecular flexibility index (Phi) is 6.23. The molecule has 26 heavy (non-hydrogen) atoms. The van der Waals surface area contributed by atoms with Gasteiger partial charge in [-0.1, -0.05) is 12.2 Å². The van der Waals surface area contributed by atoms with E-state index in [1.807, 2.05) is 12.2 Å². The van der Waals surface area contributed by atoms with Crippen LogP contribution < -0.4 is 24.8 Å². The molecule has 1 aliphatic rings. The molecule has 0 spiro atoms. The fourth-order valence-corrected chi connectivity index (χ4v) is 2.67. The smallest absolute Gasteiger partial charge is 0.257 e. The third-order valence-electron chi connectivity index (χ3n) is 3.90. The van der Waals surface area contributed by atoms with Crippen LogP contribution in [0, 0.1) is 0 Å². The van der Waals surface area contributed by atoms with E-state index in [4.69, 9.17) is 26.4 Å². The van der Waals surface area contributed by atoms with E-state index in [1.165, 1.54) is 33.5 Å². The summed E-state index contributed by atoms with van der Waals surface area (Å²) >= 11 is 5.18. The fourth-order valence-electron chi connectivity index (χ4n) is 2.47. The van der Waals surface area contributed by atoms with E-state index < -0.39 is 11.5 Å². The average Bonchev–Trinajstić information content (AvgIpc) is 2.61. The van der Waals surface area contributed by atoms with Crippen LogP contribution in [0.5, 0.6) is 17.2 Å². The summed E-state index contributed by atoms with van der Waals surface area (Å²) in [6.07, 6.45) is 5.82. The molecule has 1 atom stereocenters. The van der Waals surface area contributed by atoms with Crippen LogP contribution in [0.2, 0.25) is 0 Å². The van der Waals surface area contributed by atoms with E-state index >= 15 is 0 Å². The van der Waals surface area contributed by atoms with Crippen molar-refractivity contribution in [2.45, 2.75) is 18.9 Å². The highest BCUT2D eigenvalue weighted by Crippen LogP contribution is 2.38. The number of hydrogen-bond acceptors (Lipinski definition) is 6. The van der Waals surface area contributed by atoms with Gasteiger partial charge in [-0.05, 0) is 43.8 Å². The molecule has 1 aromatic rings. The van der Waals surface area contributed by atoms with Gasteiger partial charge in [0.1, 0.15) is 5.60 Å². The number of methoxy groups -OCH3 is 3. The molecular weight excluding hydrogens is 356 g/mol. The predicted molar refractivity (Wildman–Crippen MR) is 102 cm³/mol. The maximum Gasteiger partial charge on any atom is 0.257 e. The normalized spacial score (nSPS) is 18.6. The zero-order valence-corrected chi connectivity index (χ0v) is 15.9. The maximum atomic E-state index is 12.5. The lowest BCUT2D eigenvalue weighted by Crippen LogP contribution is -2.45. The maximum absolute atomic E-state index is 12.5. The molecule has 7 nitrogen and oxygen atoms in total. The van der Waals surface area contributed by atoms with Crippen molar-refractivity contribution in [3.63, 3.8) is 0 Å². The molecule has 0 aromatic heterocycles. The molecule has 1 aliphatic carbocycles. The van der Waals surface area contributed by atoms with Gasteiger partial charge in [0, 0.05) is 11.3 Å². The number of nitrogens with one attached hydrogen (secondary N) is 2. The van der Waals surface area contributed by atoms with Crippen LogP contribution in [0.1, 0.15) is 23.7 Å². The lowest BCUT2D eigenvalue weighted by molar-refractivity contribution is 0.0940. The Hall–Kier alpha value is -2.58. The molecule has 2 rings (SSSR count). The van der Waals surface area contributed by atoms with Crippen molar-refractivity contribution in [3.8, 4) is 17.2 Å². The third-order valence-corrected chi connectivity index (χ3v) is 4.10. The molecule has 140 valence electrons. The van der Waals surface area contributed by atoms with Crippen molar-refractivity contribution < 1.29 is 24.1 Å². The monoisotopic (exact) mass is 378 g/mol. The minimum atomic E-state index is -1.07. The zero-order valence-electron chi connectivity index (χ0n) is 15.1. The number of amides is 1. The highest BCUT2D eigenvalue weighted by molar-refractivity contribution is 7.80. The van der Waals surface area contributed by atoms with Gasteiger partial charge in [-0.25, -0.2) is 0 Å². The Morgan fingerprint density at radius 3 is 2.31 bits per heavy atom. The number of aliphatic hydroxyl groups is 1. The minimum absolute atomic E-state index is 0.0746. The largest absolute Gasteiger partial charge is 0.493 e. The molecule has 3 N–H and O–H groups in total. The number of hydrogen-bond donors (Lipinski definition) is 3. The van der Waals surface area contributed by atoms with Gasteiger partial charge in [-0.2, -0.15) is 0 Å².